The molecule has 0 bridgehead atoms. The monoisotopic (exact) mass is 266 g/mol. The van der Waals surface area contributed by atoms with Gasteiger partial charge in [-0.25, -0.2) is 0 Å². The number of carbonyl (C=O) groups excluding carboxylic acids is 1. The number of rotatable bonds is 4. The molecule has 0 saturated carbocycles. The molecule has 4 nitrogen and oxygen atoms in total. The topological polar surface area (TPSA) is 32.8 Å². The third-order valence-electron chi connectivity index (χ3n) is 4.16. The number of hydrogen-bond donors (Lipinski definition) is 0. The lowest BCUT2D eigenvalue weighted by Crippen LogP contribution is -2.36. The molecular formula is C15H26N2O2. The van der Waals surface area contributed by atoms with Gasteiger partial charge in [-0.2, -0.15) is 0 Å². The van der Waals surface area contributed by atoms with E-state index in [1.165, 1.54) is 32.9 Å². The molecule has 2 rings (SSSR count). The van der Waals surface area contributed by atoms with Gasteiger partial charge in [-0.3, -0.25) is 9.69 Å². The second kappa shape index (κ2) is 7.65. The van der Waals surface area contributed by atoms with Gasteiger partial charge in [0.15, 0.2) is 0 Å². The van der Waals surface area contributed by atoms with Crippen LogP contribution in [0.2, 0.25) is 0 Å². The van der Waals surface area contributed by atoms with Crippen molar-refractivity contribution in [1.29, 1.82) is 0 Å². The summed E-state index contributed by atoms with van der Waals surface area (Å²) in [6, 6.07) is 0. The lowest BCUT2D eigenvalue weighted by molar-refractivity contribution is -0.141. The molecule has 1 aliphatic heterocycles. The van der Waals surface area contributed by atoms with Crippen LogP contribution in [0.5, 0.6) is 0 Å². The van der Waals surface area contributed by atoms with Gasteiger partial charge in [0.25, 0.3) is 0 Å². The van der Waals surface area contributed by atoms with Gasteiger partial charge in [0.05, 0.1) is 13.7 Å². The van der Waals surface area contributed by atoms with Gasteiger partial charge < -0.3 is 9.64 Å². The van der Waals surface area contributed by atoms with E-state index in [-0.39, 0.29) is 5.97 Å². The van der Waals surface area contributed by atoms with Crippen LogP contribution in [0.3, 0.4) is 0 Å². The Labute approximate surface area is 116 Å². The quantitative estimate of drug-likeness (QED) is 0.570. The Hall–Kier alpha value is -0.870. The Morgan fingerprint density at radius 3 is 2.74 bits per heavy atom. The van der Waals surface area contributed by atoms with E-state index in [0.717, 1.165) is 38.5 Å². The molecule has 2 aliphatic rings. The van der Waals surface area contributed by atoms with Gasteiger partial charge in [-0.05, 0) is 38.1 Å². The van der Waals surface area contributed by atoms with Crippen molar-refractivity contribution < 1.29 is 9.53 Å². The maximum absolute atomic E-state index is 11.3. The molecule has 4 heteroatoms. The van der Waals surface area contributed by atoms with Crippen LogP contribution in [0.1, 0.15) is 25.7 Å². The van der Waals surface area contributed by atoms with Gasteiger partial charge in [-0.1, -0.05) is 12.2 Å². The van der Waals surface area contributed by atoms with E-state index in [1.54, 1.807) is 0 Å². The molecule has 108 valence electrons. The number of allylic oxidation sites excluding steroid dienone is 2. The van der Waals surface area contributed by atoms with Crippen LogP contribution in [0.15, 0.2) is 12.2 Å². The number of methoxy groups -OCH3 is 1. The van der Waals surface area contributed by atoms with Crippen molar-refractivity contribution in [3.63, 3.8) is 0 Å². The van der Waals surface area contributed by atoms with E-state index >= 15 is 0 Å². The summed E-state index contributed by atoms with van der Waals surface area (Å²) < 4.78 is 4.74. The fourth-order valence-corrected chi connectivity index (χ4v) is 3.00. The molecule has 1 atom stereocenters. The maximum Gasteiger partial charge on any atom is 0.319 e. The van der Waals surface area contributed by atoms with Crippen molar-refractivity contribution in [1.82, 2.24) is 9.80 Å². The minimum absolute atomic E-state index is 0.120. The third-order valence-corrected chi connectivity index (χ3v) is 4.16. The summed E-state index contributed by atoms with van der Waals surface area (Å²) in [4.78, 5) is 16.1. The van der Waals surface area contributed by atoms with Crippen LogP contribution in [-0.2, 0) is 9.53 Å². The zero-order valence-corrected chi connectivity index (χ0v) is 12.0. The third kappa shape index (κ3) is 4.96. The molecule has 0 aromatic carbocycles. The number of ether oxygens (including phenoxy) is 1. The summed E-state index contributed by atoms with van der Waals surface area (Å²) in [6.45, 7) is 5.90. The zero-order chi connectivity index (χ0) is 13.5. The van der Waals surface area contributed by atoms with Gasteiger partial charge in [0, 0.05) is 26.2 Å². The highest BCUT2D eigenvalue weighted by atomic mass is 16.5. The average molecular weight is 266 g/mol. The number of carbonyl (C=O) groups is 1. The minimum Gasteiger partial charge on any atom is -0.468 e. The minimum atomic E-state index is -0.120. The first-order valence-electron chi connectivity index (χ1n) is 7.44. The molecule has 0 amide bonds. The summed E-state index contributed by atoms with van der Waals surface area (Å²) in [6.07, 6.45) is 9.60. The van der Waals surface area contributed by atoms with Crippen molar-refractivity contribution in [3.05, 3.63) is 12.2 Å². The highest BCUT2D eigenvalue weighted by Crippen LogP contribution is 2.19. The average Bonchev–Trinajstić information content (AvgIpc) is 2.65. The summed E-state index contributed by atoms with van der Waals surface area (Å²) in [7, 11) is 1.46. The first kappa shape index (κ1) is 14.5. The van der Waals surface area contributed by atoms with Crippen LogP contribution >= 0.6 is 0 Å². The predicted molar refractivity (Wildman–Crippen MR) is 76.0 cm³/mol. The molecule has 0 aromatic heterocycles. The van der Waals surface area contributed by atoms with Crippen LogP contribution in [-0.4, -0.2) is 62.1 Å². The highest BCUT2D eigenvalue weighted by Gasteiger charge is 2.20. The van der Waals surface area contributed by atoms with E-state index < -0.39 is 0 Å². The largest absolute Gasteiger partial charge is 0.468 e. The van der Waals surface area contributed by atoms with Crippen molar-refractivity contribution >= 4 is 5.97 Å². The van der Waals surface area contributed by atoms with Crippen molar-refractivity contribution in [3.8, 4) is 0 Å². The maximum atomic E-state index is 11.3. The Morgan fingerprint density at radius 1 is 1.21 bits per heavy atom. The second-order valence-corrected chi connectivity index (χ2v) is 5.66. The number of hydrogen-bond acceptors (Lipinski definition) is 4. The fourth-order valence-electron chi connectivity index (χ4n) is 3.00. The molecule has 0 radical (unpaired) electrons. The number of esters is 1. The Balaban J connectivity index is 1.73. The summed E-state index contributed by atoms with van der Waals surface area (Å²) in [5, 5.41) is 0. The lowest BCUT2D eigenvalue weighted by Gasteiger charge is -2.27. The smallest absolute Gasteiger partial charge is 0.319 e. The van der Waals surface area contributed by atoms with Gasteiger partial charge in [0.2, 0.25) is 0 Å². The highest BCUT2D eigenvalue weighted by molar-refractivity contribution is 5.71. The summed E-state index contributed by atoms with van der Waals surface area (Å²) in [5.41, 5.74) is 0. The van der Waals surface area contributed by atoms with Gasteiger partial charge in [0.1, 0.15) is 0 Å². The standard InChI is InChI=1S/C15H26N2O2/c1-19-15(18)13-17-9-5-8-16(10-11-17)12-14-6-3-2-4-7-14/h2-3,14H,4-13H2,1H3/t14-/m1/s1. The van der Waals surface area contributed by atoms with Gasteiger partial charge >= 0.3 is 5.97 Å². The molecule has 19 heavy (non-hydrogen) atoms. The zero-order valence-electron chi connectivity index (χ0n) is 12.0. The SMILES string of the molecule is COC(=O)CN1CCCN(C[C@@H]2CC=CCC2)CC1. The summed E-state index contributed by atoms with van der Waals surface area (Å²) >= 11 is 0. The van der Waals surface area contributed by atoms with Crippen molar-refractivity contribution in [2.75, 3.05) is 46.4 Å². The molecule has 0 spiro atoms. The molecule has 0 unspecified atom stereocenters. The first-order valence-corrected chi connectivity index (χ1v) is 7.44. The second-order valence-electron chi connectivity index (χ2n) is 5.66. The Bertz CT molecular complexity index is 317. The van der Waals surface area contributed by atoms with E-state index in [4.69, 9.17) is 4.74 Å². The molecule has 1 saturated heterocycles. The van der Waals surface area contributed by atoms with E-state index in [9.17, 15) is 4.79 Å². The van der Waals surface area contributed by atoms with E-state index in [2.05, 4.69) is 22.0 Å². The Morgan fingerprint density at radius 2 is 2.00 bits per heavy atom. The van der Waals surface area contributed by atoms with E-state index in [0.29, 0.717) is 6.54 Å². The van der Waals surface area contributed by atoms with Crippen LogP contribution < -0.4 is 0 Å². The fraction of sp³-hybridized carbons (Fsp3) is 0.800. The normalized spacial score (nSPS) is 26.1. The summed E-state index contributed by atoms with van der Waals surface area (Å²) in [5.74, 6) is 0.711. The van der Waals surface area contributed by atoms with E-state index in [1.807, 2.05) is 0 Å². The molecule has 0 aromatic rings. The molecular weight excluding hydrogens is 240 g/mol. The molecule has 1 heterocycles. The van der Waals surface area contributed by atoms with Crippen molar-refractivity contribution in [2.45, 2.75) is 25.7 Å². The van der Waals surface area contributed by atoms with Crippen molar-refractivity contribution in [2.24, 2.45) is 5.92 Å². The lowest BCUT2D eigenvalue weighted by atomic mass is 9.94. The first-order chi connectivity index (χ1) is 9.28. The van der Waals surface area contributed by atoms with Crippen LogP contribution in [0.25, 0.3) is 0 Å². The number of nitrogens with zero attached hydrogens (tertiary/aromatic N) is 2. The Kier molecular flexibility index (Phi) is 5.86. The molecule has 0 N–H and O–H groups in total. The molecule has 1 fully saturated rings. The predicted octanol–water partition coefficient (Wildman–Crippen LogP) is 1.52. The molecule has 1 aliphatic carbocycles. The van der Waals surface area contributed by atoms with Crippen LogP contribution in [0, 0.1) is 5.92 Å². The van der Waals surface area contributed by atoms with Gasteiger partial charge in [-0.15, -0.1) is 0 Å². The van der Waals surface area contributed by atoms with Crippen LogP contribution in [0.4, 0.5) is 0 Å².